The van der Waals surface area contributed by atoms with E-state index >= 15 is 0 Å². The number of carboxylic acid groups (broad SMARTS) is 1. The van der Waals surface area contributed by atoms with Gasteiger partial charge in [0.15, 0.2) is 0 Å². The zero-order valence-electron chi connectivity index (χ0n) is 13.8. The number of aromatic nitrogens is 1. The molecule has 0 aliphatic rings. The number of nitrogens with zero attached hydrogens (tertiary/aromatic N) is 1. The maximum Gasteiger partial charge on any atom is 0.335 e. The molecule has 0 atom stereocenters. The van der Waals surface area contributed by atoms with Gasteiger partial charge in [-0.3, -0.25) is 0 Å². The van der Waals surface area contributed by atoms with E-state index in [0.717, 1.165) is 27.9 Å². The second-order valence-corrected chi connectivity index (χ2v) is 5.87. The molecular weight excluding hydrogens is 326 g/mol. The van der Waals surface area contributed by atoms with Crippen LogP contribution in [-0.2, 0) is 0 Å². The predicted octanol–water partition coefficient (Wildman–Crippen LogP) is 5.37. The van der Waals surface area contributed by atoms with Crippen LogP contribution < -0.4 is 0 Å². The highest BCUT2D eigenvalue weighted by Gasteiger charge is 2.10. The quantitative estimate of drug-likeness (QED) is 0.542. The molecule has 0 unspecified atom stereocenters. The van der Waals surface area contributed by atoms with Gasteiger partial charge in [-0.25, -0.2) is 9.78 Å². The zero-order valence-corrected chi connectivity index (χ0v) is 13.8. The average Bonchev–Trinajstić information content (AvgIpc) is 3.19. The van der Waals surface area contributed by atoms with Crippen LogP contribution in [0.2, 0.25) is 0 Å². The van der Waals surface area contributed by atoms with Gasteiger partial charge in [0, 0.05) is 11.1 Å². The van der Waals surface area contributed by atoms with Crippen LogP contribution in [0.25, 0.3) is 33.8 Å². The molecule has 4 nitrogen and oxygen atoms in total. The molecule has 126 valence electrons. The van der Waals surface area contributed by atoms with Crippen LogP contribution in [0.3, 0.4) is 0 Å². The standard InChI is InChI=1S/C22H15NO3/c24-22(25)19-11-5-9-17(13-19)16-8-4-10-18(12-16)20-14-26-21(23-20)15-6-2-1-3-7-15/h1-14H,(H,24,25). The molecule has 0 aliphatic heterocycles. The number of benzene rings is 3. The highest BCUT2D eigenvalue weighted by molar-refractivity contribution is 5.89. The molecule has 0 spiro atoms. The monoisotopic (exact) mass is 341 g/mol. The molecule has 0 saturated heterocycles. The Balaban J connectivity index is 1.70. The first-order valence-electron chi connectivity index (χ1n) is 8.16. The van der Waals surface area contributed by atoms with E-state index in [1.165, 1.54) is 0 Å². The fourth-order valence-electron chi connectivity index (χ4n) is 2.81. The van der Waals surface area contributed by atoms with E-state index in [0.29, 0.717) is 5.89 Å². The molecule has 26 heavy (non-hydrogen) atoms. The summed E-state index contributed by atoms with van der Waals surface area (Å²) >= 11 is 0. The molecule has 0 fully saturated rings. The second kappa shape index (κ2) is 6.69. The lowest BCUT2D eigenvalue weighted by Crippen LogP contribution is -1.95. The molecule has 0 bridgehead atoms. The summed E-state index contributed by atoms with van der Waals surface area (Å²) in [7, 11) is 0. The van der Waals surface area contributed by atoms with Crippen molar-refractivity contribution in [3.05, 3.63) is 90.7 Å². The van der Waals surface area contributed by atoms with Gasteiger partial charge in [-0.1, -0.05) is 48.5 Å². The van der Waals surface area contributed by atoms with Crippen molar-refractivity contribution in [1.29, 1.82) is 0 Å². The van der Waals surface area contributed by atoms with Gasteiger partial charge in [0.05, 0.1) is 5.56 Å². The van der Waals surface area contributed by atoms with Crippen LogP contribution in [0.4, 0.5) is 0 Å². The van der Waals surface area contributed by atoms with Crippen molar-refractivity contribution < 1.29 is 14.3 Å². The molecule has 0 saturated carbocycles. The van der Waals surface area contributed by atoms with Gasteiger partial charge < -0.3 is 9.52 Å². The Morgan fingerprint density at radius 1 is 0.769 bits per heavy atom. The van der Waals surface area contributed by atoms with Gasteiger partial charge in [-0.2, -0.15) is 0 Å². The highest BCUT2D eigenvalue weighted by atomic mass is 16.4. The molecule has 1 aromatic heterocycles. The predicted molar refractivity (Wildman–Crippen MR) is 99.8 cm³/mol. The fourth-order valence-corrected chi connectivity index (χ4v) is 2.81. The largest absolute Gasteiger partial charge is 0.478 e. The van der Waals surface area contributed by atoms with Crippen LogP contribution in [0.1, 0.15) is 10.4 Å². The summed E-state index contributed by atoms with van der Waals surface area (Å²) < 4.78 is 5.61. The van der Waals surface area contributed by atoms with Crippen molar-refractivity contribution >= 4 is 5.97 Å². The summed E-state index contributed by atoms with van der Waals surface area (Å²) in [6.45, 7) is 0. The van der Waals surface area contributed by atoms with Crippen LogP contribution in [0, 0.1) is 0 Å². The Kier molecular flexibility index (Phi) is 4.07. The first-order chi connectivity index (χ1) is 12.7. The maximum atomic E-state index is 11.2. The number of carbonyl (C=O) groups is 1. The third-order valence-corrected chi connectivity index (χ3v) is 4.13. The number of carboxylic acids is 1. The van der Waals surface area contributed by atoms with Crippen molar-refractivity contribution in [3.8, 4) is 33.8 Å². The Morgan fingerprint density at radius 2 is 1.42 bits per heavy atom. The van der Waals surface area contributed by atoms with E-state index in [2.05, 4.69) is 4.98 Å². The third-order valence-electron chi connectivity index (χ3n) is 4.13. The number of hydrogen-bond donors (Lipinski definition) is 1. The average molecular weight is 341 g/mol. The van der Waals surface area contributed by atoms with E-state index < -0.39 is 5.97 Å². The van der Waals surface area contributed by atoms with Gasteiger partial charge >= 0.3 is 5.97 Å². The molecule has 4 rings (SSSR count). The van der Waals surface area contributed by atoms with Gasteiger partial charge in [0.1, 0.15) is 12.0 Å². The molecule has 0 radical (unpaired) electrons. The van der Waals surface area contributed by atoms with Crippen LogP contribution >= 0.6 is 0 Å². The fraction of sp³-hybridized carbons (Fsp3) is 0. The van der Waals surface area contributed by atoms with E-state index in [1.54, 1.807) is 24.5 Å². The minimum atomic E-state index is -0.938. The molecule has 0 aliphatic carbocycles. The summed E-state index contributed by atoms with van der Waals surface area (Å²) in [5.41, 5.74) is 4.60. The lowest BCUT2D eigenvalue weighted by Gasteiger charge is -2.05. The zero-order chi connectivity index (χ0) is 17.9. The number of oxazole rings is 1. The van der Waals surface area contributed by atoms with Gasteiger partial charge in [-0.15, -0.1) is 0 Å². The molecule has 3 aromatic carbocycles. The third kappa shape index (κ3) is 3.13. The van der Waals surface area contributed by atoms with Crippen molar-refractivity contribution in [3.63, 3.8) is 0 Å². The second-order valence-electron chi connectivity index (χ2n) is 5.87. The van der Waals surface area contributed by atoms with Crippen LogP contribution in [0.15, 0.2) is 89.5 Å². The van der Waals surface area contributed by atoms with Crippen LogP contribution in [-0.4, -0.2) is 16.1 Å². The molecule has 4 aromatic rings. The topological polar surface area (TPSA) is 63.3 Å². The molecular formula is C22H15NO3. The minimum Gasteiger partial charge on any atom is -0.478 e. The SMILES string of the molecule is O=C(O)c1cccc(-c2cccc(-c3coc(-c4ccccc4)n3)c2)c1. The summed E-state index contributed by atoms with van der Waals surface area (Å²) in [5.74, 6) is -0.370. The van der Waals surface area contributed by atoms with Crippen molar-refractivity contribution in [1.82, 2.24) is 4.98 Å². The van der Waals surface area contributed by atoms with Crippen LogP contribution in [0.5, 0.6) is 0 Å². The smallest absolute Gasteiger partial charge is 0.335 e. The Hall–Kier alpha value is -3.66. The summed E-state index contributed by atoms with van der Waals surface area (Å²) in [6, 6.07) is 24.4. The summed E-state index contributed by atoms with van der Waals surface area (Å²) in [4.78, 5) is 15.8. The maximum absolute atomic E-state index is 11.2. The van der Waals surface area contributed by atoms with E-state index in [1.807, 2.05) is 60.7 Å². The van der Waals surface area contributed by atoms with E-state index in [9.17, 15) is 9.90 Å². The summed E-state index contributed by atoms with van der Waals surface area (Å²) in [5, 5.41) is 9.18. The number of aromatic carboxylic acids is 1. The first kappa shape index (κ1) is 15.8. The Bertz CT molecular complexity index is 1070. The number of hydrogen-bond acceptors (Lipinski definition) is 3. The van der Waals surface area contributed by atoms with Crippen molar-refractivity contribution in [2.45, 2.75) is 0 Å². The van der Waals surface area contributed by atoms with Gasteiger partial charge in [-0.05, 0) is 41.5 Å². The van der Waals surface area contributed by atoms with E-state index in [-0.39, 0.29) is 5.56 Å². The normalized spacial score (nSPS) is 10.6. The Morgan fingerprint density at radius 3 is 2.19 bits per heavy atom. The van der Waals surface area contributed by atoms with Gasteiger partial charge in [0.25, 0.3) is 0 Å². The van der Waals surface area contributed by atoms with Crippen molar-refractivity contribution in [2.24, 2.45) is 0 Å². The Labute approximate surface area is 150 Å². The number of rotatable bonds is 4. The minimum absolute atomic E-state index is 0.265. The lowest BCUT2D eigenvalue weighted by molar-refractivity contribution is 0.0697. The molecule has 4 heteroatoms. The lowest BCUT2D eigenvalue weighted by atomic mass is 10.0. The molecule has 1 N–H and O–H groups in total. The van der Waals surface area contributed by atoms with E-state index in [4.69, 9.17) is 4.42 Å². The first-order valence-corrected chi connectivity index (χ1v) is 8.16. The van der Waals surface area contributed by atoms with Crippen molar-refractivity contribution in [2.75, 3.05) is 0 Å². The molecule has 0 amide bonds. The molecule has 1 heterocycles. The highest BCUT2D eigenvalue weighted by Crippen LogP contribution is 2.28. The summed E-state index contributed by atoms with van der Waals surface area (Å²) in [6.07, 6.45) is 1.63. The van der Waals surface area contributed by atoms with Gasteiger partial charge in [0.2, 0.25) is 5.89 Å².